The summed E-state index contributed by atoms with van der Waals surface area (Å²) in [7, 11) is -4.25. The van der Waals surface area contributed by atoms with E-state index in [1.54, 1.807) is 38.1 Å². The third-order valence-electron chi connectivity index (χ3n) is 4.86. The number of amides is 1. The Labute approximate surface area is 178 Å². The lowest BCUT2D eigenvalue weighted by Crippen LogP contribution is -2.37. The fourth-order valence-corrected chi connectivity index (χ4v) is 5.15. The van der Waals surface area contributed by atoms with E-state index in [9.17, 15) is 26.4 Å². The number of hydrogen-bond donors (Lipinski definition) is 1. The topological polar surface area (TPSA) is 78.8 Å². The number of carbonyl (C=O) groups is 1. The lowest BCUT2D eigenvalue weighted by Gasteiger charge is -2.29. The van der Waals surface area contributed by atoms with Gasteiger partial charge in [-0.25, -0.2) is 13.8 Å². The molecule has 1 atom stereocenters. The average Bonchev–Trinajstić information content (AvgIpc) is 2.68. The predicted molar refractivity (Wildman–Crippen MR) is 111 cm³/mol. The van der Waals surface area contributed by atoms with Crippen molar-refractivity contribution < 1.29 is 26.4 Å². The Kier molecular flexibility index (Phi) is 6.13. The molecule has 0 aliphatic carbocycles. The van der Waals surface area contributed by atoms with Crippen LogP contribution in [0.4, 0.5) is 18.9 Å². The van der Waals surface area contributed by atoms with Crippen LogP contribution in [0.2, 0.25) is 0 Å². The van der Waals surface area contributed by atoms with Crippen molar-refractivity contribution in [1.29, 1.82) is 0 Å². The number of rotatable bonds is 5. The van der Waals surface area contributed by atoms with E-state index < -0.39 is 32.7 Å². The van der Waals surface area contributed by atoms with Crippen LogP contribution in [-0.2, 0) is 21.0 Å². The summed E-state index contributed by atoms with van der Waals surface area (Å²) >= 11 is 0. The monoisotopic (exact) mass is 453 g/mol. The molecule has 2 aromatic rings. The van der Waals surface area contributed by atoms with Gasteiger partial charge in [0.05, 0.1) is 21.9 Å². The van der Waals surface area contributed by atoms with E-state index in [2.05, 4.69) is 10.5 Å². The Morgan fingerprint density at radius 1 is 1.13 bits per heavy atom. The van der Waals surface area contributed by atoms with Crippen molar-refractivity contribution in [1.82, 2.24) is 5.43 Å². The smallest absolute Gasteiger partial charge is 0.273 e. The zero-order valence-corrected chi connectivity index (χ0v) is 18.0. The molecule has 2 aromatic carbocycles. The average molecular weight is 453 g/mol. The van der Waals surface area contributed by atoms with Gasteiger partial charge >= 0.3 is 6.18 Å². The molecule has 0 bridgehead atoms. The van der Waals surface area contributed by atoms with Crippen molar-refractivity contribution >= 4 is 27.3 Å². The van der Waals surface area contributed by atoms with Gasteiger partial charge in [0.1, 0.15) is 0 Å². The molecule has 6 nitrogen and oxygen atoms in total. The summed E-state index contributed by atoms with van der Waals surface area (Å²) in [5.74, 6) is -0.277. The SMILES string of the molecule is CC1CC(=O)NN=C1c1ccc(N(C(C)C)S(=O)(=O)c2cccc(C(F)(F)F)c2)cc1. The van der Waals surface area contributed by atoms with E-state index in [-0.39, 0.29) is 11.8 Å². The van der Waals surface area contributed by atoms with E-state index in [0.29, 0.717) is 23.9 Å². The third kappa shape index (κ3) is 4.73. The number of nitrogens with one attached hydrogen (secondary N) is 1. The van der Waals surface area contributed by atoms with Crippen molar-refractivity contribution in [3.05, 3.63) is 59.7 Å². The zero-order chi connectivity index (χ0) is 23.0. The number of carbonyl (C=O) groups excluding carboxylic acids is 1. The highest BCUT2D eigenvalue weighted by atomic mass is 32.2. The largest absolute Gasteiger partial charge is 0.416 e. The van der Waals surface area contributed by atoms with Crippen LogP contribution in [0.1, 0.15) is 38.3 Å². The van der Waals surface area contributed by atoms with E-state index in [1.165, 1.54) is 0 Å². The first-order chi connectivity index (χ1) is 14.4. The van der Waals surface area contributed by atoms with Crippen molar-refractivity contribution in [3.63, 3.8) is 0 Å². The fraction of sp³-hybridized carbons (Fsp3) is 0.333. The molecule has 0 spiro atoms. The summed E-state index contributed by atoms with van der Waals surface area (Å²) < 4.78 is 66.7. The highest BCUT2D eigenvalue weighted by Crippen LogP contribution is 2.33. The van der Waals surface area contributed by atoms with Gasteiger partial charge in [0.25, 0.3) is 10.0 Å². The van der Waals surface area contributed by atoms with Crippen LogP contribution in [-0.4, -0.2) is 26.1 Å². The van der Waals surface area contributed by atoms with Crippen LogP contribution in [0.5, 0.6) is 0 Å². The number of anilines is 1. The summed E-state index contributed by atoms with van der Waals surface area (Å²) in [6, 6.07) is 9.66. The van der Waals surface area contributed by atoms with Crippen LogP contribution in [0.25, 0.3) is 0 Å². The Bertz CT molecular complexity index is 1110. The Morgan fingerprint density at radius 3 is 2.32 bits per heavy atom. The maximum absolute atomic E-state index is 13.2. The third-order valence-corrected chi connectivity index (χ3v) is 6.86. The number of hydrogen-bond acceptors (Lipinski definition) is 4. The van der Waals surface area contributed by atoms with Gasteiger partial charge in [-0.15, -0.1) is 0 Å². The molecule has 1 unspecified atom stereocenters. The molecule has 166 valence electrons. The minimum Gasteiger partial charge on any atom is -0.273 e. The first-order valence-corrected chi connectivity index (χ1v) is 11.0. The molecule has 1 aliphatic rings. The van der Waals surface area contributed by atoms with Gasteiger partial charge in [0, 0.05) is 18.4 Å². The second-order valence-corrected chi connectivity index (χ2v) is 9.42. The molecule has 0 fully saturated rings. The van der Waals surface area contributed by atoms with Gasteiger partial charge in [-0.05, 0) is 49.7 Å². The minimum absolute atomic E-state index is 0.102. The Hall–Kier alpha value is -2.88. The number of sulfonamides is 1. The van der Waals surface area contributed by atoms with Crippen LogP contribution in [0.15, 0.2) is 58.5 Å². The summed E-state index contributed by atoms with van der Waals surface area (Å²) in [6.45, 7) is 5.15. The van der Waals surface area contributed by atoms with Gasteiger partial charge in [-0.1, -0.05) is 25.1 Å². The van der Waals surface area contributed by atoms with Gasteiger partial charge < -0.3 is 0 Å². The molecule has 1 heterocycles. The van der Waals surface area contributed by atoms with Crippen LogP contribution in [0.3, 0.4) is 0 Å². The summed E-state index contributed by atoms with van der Waals surface area (Å²) in [4.78, 5) is 11.0. The first kappa shape index (κ1) is 22.8. The molecule has 0 saturated carbocycles. The number of alkyl halides is 3. The van der Waals surface area contributed by atoms with Crippen molar-refractivity contribution in [3.8, 4) is 0 Å². The summed E-state index contributed by atoms with van der Waals surface area (Å²) in [5.41, 5.74) is 3.10. The normalized spacial score (nSPS) is 17.3. The van der Waals surface area contributed by atoms with Gasteiger partial charge in [-0.2, -0.15) is 18.3 Å². The van der Waals surface area contributed by atoms with Crippen LogP contribution in [0, 0.1) is 5.92 Å². The van der Waals surface area contributed by atoms with Crippen molar-refractivity contribution in [2.75, 3.05) is 4.31 Å². The van der Waals surface area contributed by atoms with Gasteiger partial charge in [-0.3, -0.25) is 9.10 Å². The van der Waals surface area contributed by atoms with E-state index >= 15 is 0 Å². The highest BCUT2D eigenvalue weighted by Gasteiger charge is 2.34. The maximum Gasteiger partial charge on any atom is 0.416 e. The first-order valence-electron chi connectivity index (χ1n) is 9.60. The van der Waals surface area contributed by atoms with Crippen LogP contribution < -0.4 is 9.73 Å². The van der Waals surface area contributed by atoms with Crippen molar-refractivity contribution in [2.45, 2.75) is 44.3 Å². The molecule has 10 heteroatoms. The second kappa shape index (κ2) is 8.33. The molecule has 1 amide bonds. The molecular weight excluding hydrogens is 431 g/mol. The molecule has 0 saturated heterocycles. The van der Waals surface area contributed by atoms with Crippen LogP contribution >= 0.6 is 0 Å². The van der Waals surface area contributed by atoms with E-state index in [1.807, 2.05) is 6.92 Å². The van der Waals surface area contributed by atoms with Gasteiger partial charge in [0.2, 0.25) is 5.91 Å². The number of hydrazone groups is 1. The highest BCUT2D eigenvalue weighted by molar-refractivity contribution is 7.92. The standard InChI is InChI=1S/C21H22F3N3O3S/c1-13(2)27(31(29,30)18-6-4-5-16(12-18)21(22,23)24)17-9-7-15(8-10-17)20-14(3)11-19(28)25-26-20/h4-10,12-14H,11H2,1-3H3,(H,25,28). The molecule has 0 aromatic heterocycles. The Balaban J connectivity index is 1.98. The number of nitrogens with zero attached hydrogens (tertiary/aromatic N) is 2. The molecule has 31 heavy (non-hydrogen) atoms. The molecular formula is C21H22F3N3O3S. The fourth-order valence-electron chi connectivity index (χ4n) is 3.44. The minimum atomic E-state index is -4.65. The molecule has 1 aliphatic heterocycles. The predicted octanol–water partition coefficient (Wildman–Crippen LogP) is 4.17. The van der Waals surface area contributed by atoms with E-state index in [0.717, 1.165) is 28.1 Å². The lowest BCUT2D eigenvalue weighted by atomic mass is 9.94. The Morgan fingerprint density at radius 2 is 1.77 bits per heavy atom. The zero-order valence-electron chi connectivity index (χ0n) is 17.1. The number of halogens is 3. The molecule has 3 rings (SSSR count). The van der Waals surface area contributed by atoms with Gasteiger partial charge in [0.15, 0.2) is 0 Å². The lowest BCUT2D eigenvalue weighted by molar-refractivity contribution is -0.137. The second-order valence-electron chi connectivity index (χ2n) is 7.60. The van der Waals surface area contributed by atoms with Crippen molar-refractivity contribution in [2.24, 2.45) is 11.0 Å². The van der Waals surface area contributed by atoms with E-state index in [4.69, 9.17) is 0 Å². The molecule has 1 N–H and O–H groups in total. The summed E-state index contributed by atoms with van der Waals surface area (Å²) in [6.07, 6.45) is -4.36. The molecule has 0 radical (unpaired) electrons. The maximum atomic E-state index is 13.2. The quantitative estimate of drug-likeness (QED) is 0.738. The number of benzene rings is 2. The summed E-state index contributed by atoms with van der Waals surface area (Å²) in [5, 5.41) is 4.08.